The number of hydrogen-bond donors (Lipinski definition) is 9. The van der Waals surface area contributed by atoms with E-state index in [9.17, 15) is 9.90 Å². The lowest BCUT2D eigenvalue weighted by atomic mass is 10.1. The Morgan fingerprint density at radius 1 is 1.25 bits per heavy atom. The fraction of sp³-hybridized carbons (Fsp3) is 0.455. The summed E-state index contributed by atoms with van der Waals surface area (Å²) in [4.78, 5) is 35.0. The van der Waals surface area contributed by atoms with Crippen LogP contribution in [0.1, 0.15) is 16.8 Å². The average Bonchev–Trinajstić information content (AvgIpc) is 2.47. The lowest BCUT2D eigenvalue weighted by molar-refractivity contribution is -0.139. The van der Waals surface area contributed by atoms with Crippen LogP contribution < -0.4 is 5.73 Å². The fourth-order valence-electron chi connectivity index (χ4n) is 1.08. The number of phosphoric acid groups is 1. The van der Waals surface area contributed by atoms with E-state index in [0.29, 0.717) is 16.8 Å². The normalized spacial score (nSPS) is 11.5. The van der Waals surface area contributed by atoms with Crippen LogP contribution in [0.25, 0.3) is 0 Å². The summed E-state index contributed by atoms with van der Waals surface area (Å²) in [5.74, 6) is -1.22. The van der Waals surface area contributed by atoms with E-state index in [2.05, 4.69) is 4.98 Å². The van der Waals surface area contributed by atoms with Crippen LogP contribution in [0.4, 0.5) is 0 Å². The zero-order valence-corrected chi connectivity index (χ0v) is 13.5. The zero-order valence-electron chi connectivity index (χ0n) is 12.6. The molecule has 0 amide bonds. The first-order chi connectivity index (χ1) is 10.9. The van der Waals surface area contributed by atoms with Crippen molar-refractivity contribution in [2.45, 2.75) is 26.2 Å². The standard InChI is InChI=1S/C8H11NO3.C3H7NO3.H3O4P/c1-5-8(12)7(4-11)6(3-10)2-9-5;4-2(1-5)3(6)7;1-5(2,3)4/h2,10-12H,3-4H2,1H3;2,5H,1,4H2,(H,6,7);(H3,1,2,3,4). The monoisotopic (exact) mass is 372 g/mol. The fourth-order valence-corrected chi connectivity index (χ4v) is 1.08. The highest BCUT2D eigenvalue weighted by Gasteiger charge is 2.09. The Balaban J connectivity index is 0. The van der Waals surface area contributed by atoms with Gasteiger partial charge in [0.2, 0.25) is 0 Å². The van der Waals surface area contributed by atoms with Crippen LogP contribution in [0.15, 0.2) is 6.20 Å². The lowest BCUT2D eigenvalue weighted by Gasteiger charge is -2.07. The van der Waals surface area contributed by atoms with Crippen LogP contribution in [0.2, 0.25) is 0 Å². The van der Waals surface area contributed by atoms with Crippen molar-refractivity contribution in [2.24, 2.45) is 5.73 Å². The lowest BCUT2D eigenvalue weighted by Crippen LogP contribution is -2.33. The summed E-state index contributed by atoms with van der Waals surface area (Å²) in [7, 11) is -4.64. The van der Waals surface area contributed by atoms with Crippen molar-refractivity contribution < 1.29 is 49.6 Å². The molecule has 1 aromatic heterocycles. The molecular formula is C11H21N2O10P. The van der Waals surface area contributed by atoms with Crippen LogP contribution in [0.3, 0.4) is 0 Å². The van der Waals surface area contributed by atoms with E-state index in [1.165, 1.54) is 6.20 Å². The molecule has 1 heterocycles. The first-order valence-electron chi connectivity index (χ1n) is 6.14. The predicted molar refractivity (Wildman–Crippen MR) is 79.4 cm³/mol. The highest BCUT2D eigenvalue weighted by Crippen LogP contribution is 2.25. The number of nitrogens with two attached hydrogens (primary N) is 1. The SMILES string of the molecule is Cc1ncc(CO)c(CO)c1O.NC(CO)C(=O)O.O=P(O)(O)O. The third-order valence-electron chi connectivity index (χ3n) is 2.27. The minimum absolute atomic E-state index is 0.0379. The van der Waals surface area contributed by atoms with Gasteiger partial charge in [-0.2, -0.15) is 0 Å². The molecule has 0 aromatic carbocycles. The molecule has 12 nitrogen and oxygen atoms in total. The largest absolute Gasteiger partial charge is 0.506 e. The number of aromatic hydroxyl groups is 1. The van der Waals surface area contributed by atoms with Gasteiger partial charge < -0.3 is 45.9 Å². The number of aliphatic carboxylic acids is 1. The second-order valence-electron chi connectivity index (χ2n) is 4.15. The molecule has 0 aliphatic heterocycles. The van der Waals surface area contributed by atoms with Gasteiger partial charge in [-0.1, -0.05) is 0 Å². The van der Waals surface area contributed by atoms with E-state index in [-0.39, 0.29) is 19.0 Å². The van der Waals surface area contributed by atoms with Crippen LogP contribution in [0.5, 0.6) is 5.75 Å². The number of aliphatic hydroxyl groups is 3. The number of carbonyl (C=O) groups is 1. The van der Waals surface area contributed by atoms with Gasteiger partial charge in [0.1, 0.15) is 11.8 Å². The Morgan fingerprint density at radius 3 is 1.96 bits per heavy atom. The van der Waals surface area contributed by atoms with Crippen molar-refractivity contribution in [1.82, 2.24) is 4.98 Å². The Labute approximate surface area is 136 Å². The molecule has 13 heteroatoms. The number of carboxylic acid groups (broad SMARTS) is 1. The summed E-state index contributed by atoms with van der Waals surface area (Å²) in [6.45, 7) is 0.618. The van der Waals surface area contributed by atoms with E-state index in [0.717, 1.165) is 0 Å². The second kappa shape index (κ2) is 11.8. The van der Waals surface area contributed by atoms with Crippen LogP contribution in [-0.2, 0) is 22.6 Å². The molecule has 0 spiro atoms. The number of nitrogens with zero attached hydrogens (tertiary/aromatic N) is 1. The molecule has 0 saturated carbocycles. The first kappa shape index (κ1) is 24.6. The van der Waals surface area contributed by atoms with E-state index in [1.54, 1.807) is 6.92 Å². The third kappa shape index (κ3) is 11.9. The van der Waals surface area contributed by atoms with Gasteiger partial charge in [-0.25, -0.2) is 4.57 Å². The maximum Gasteiger partial charge on any atom is 0.466 e. The topological polar surface area (TPSA) is 235 Å². The molecule has 140 valence electrons. The second-order valence-corrected chi connectivity index (χ2v) is 5.18. The number of rotatable bonds is 4. The molecule has 10 N–H and O–H groups in total. The summed E-state index contributed by atoms with van der Waals surface area (Å²) in [5.41, 5.74) is 6.03. The van der Waals surface area contributed by atoms with Gasteiger partial charge in [-0.15, -0.1) is 0 Å². The van der Waals surface area contributed by atoms with Gasteiger partial charge in [0.05, 0.1) is 25.5 Å². The van der Waals surface area contributed by atoms with Crippen molar-refractivity contribution in [3.05, 3.63) is 23.0 Å². The van der Waals surface area contributed by atoms with E-state index in [1.807, 2.05) is 0 Å². The van der Waals surface area contributed by atoms with E-state index >= 15 is 0 Å². The molecule has 0 aliphatic carbocycles. The van der Waals surface area contributed by atoms with Gasteiger partial charge in [0.25, 0.3) is 0 Å². The molecule has 24 heavy (non-hydrogen) atoms. The Morgan fingerprint density at radius 2 is 1.71 bits per heavy atom. The van der Waals surface area contributed by atoms with E-state index < -0.39 is 26.4 Å². The van der Waals surface area contributed by atoms with Crippen molar-refractivity contribution in [2.75, 3.05) is 6.61 Å². The summed E-state index contributed by atoms with van der Waals surface area (Å²) in [6, 6.07) is -1.13. The Hall–Kier alpha value is -1.63. The summed E-state index contributed by atoms with van der Waals surface area (Å²) >= 11 is 0. The van der Waals surface area contributed by atoms with Gasteiger partial charge in [0.15, 0.2) is 0 Å². The van der Waals surface area contributed by atoms with Crippen LogP contribution >= 0.6 is 7.82 Å². The first-order valence-corrected chi connectivity index (χ1v) is 7.71. The van der Waals surface area contributed by atoms with Gasteiger partial charge in [0, 0.05) is 17.3 Å². The summed E-state index contributed by atoms with van der Waals surface area (Å²) < 4.78 is 8.88. The van der Waals surface area contributed by atoms with Crippen LogP contribution in [-0.4, -0.2) is 63.8 Å². The van der Waals surface area contributed by atoms with Crippen molar-refractivity contribution in [3.63, 3.8) is 0 Å². The number of carboxylic acids is 1. The smallest absolute Gasteiger partial charge is 0.466 e. The predicted octanol–water partition coefficient (Wildman–Crippen LogP) is -2.46. The molecule has 0 fully saturated rings. The molecule has 0 radical (unpaired) electrons. The van der Waals surface area contributed by atoms with Gasteiger partial charge >= 0.3 is 13.8 Å². The number of aliphatic hydroxyl groups excluding tert-OH is 3. The van der Waals surface area contributed by atoms with Crippen molar-refractivity contribution >= 4 is 13.8 Å². The average molecular weight is 372 g/mol. The van der Waals surface area contributed by atoms with Gasteiger partial charge in [-0.05, 0) is 6.92 Å². The Kier molecular flexibility index (Phi) is 12.1. The van der Waals surface area contributed by atoms with Crippen LogP contribution in [0, 0.1) is 6.92 Å². The minimum atomic E-state index is -4.64. The number of hydrogen-bond acceptors (Lipinski definition) is 8. The molecule has 0 saturated heterocycles. The number of aryl methyl sites for hydroxylation is 1. The third-order valence-corrected chi connectivity index (χ3v) is 2.27. The Bertz CT molecular complexity index is 554. The number of aromatic nitrogens is 1. The minimum Gasteiger partial charge on any atom is -0.506 e. The highest BCUT2D eigenvalue weighted by atomic mass is 31.2. The highest BCUT2D eigenvalue weighted by molar-refractivity contribution is 7.45. The molecule has 1 unspecified atom stereocenters. The molecule has 1 aromatic rings. The van der Waals surface area contributed by atoms with E-state index in [4.69, 9.17) is 45.4 Å². The maximum atomic E-state index is 9.65. The van der Waals surface area contributed by atoms with Gasteiger partial charge in [-0.3, -0.25) is 9.78 Å². The molecule has 0 bridgehead atoms. The summed E-state index contributed by atoms with van der Waals surface area (Å²) in [6.07, 6.45) is 1.45. The molecule has 1 atom stereocenters. The molecular weight excluding hydrogens is 351 g/mol. The molecule has 1 rings (SSSR count). The van der Waals surface area contributed by atoms with Crippen molar-refractivity contribution in [3.8, 4) is 5.75 Å². The van der Waals surface area contributed by atoms with Crippen molar-refractivity contribution in [1.29, 1.82) is 0 Å². The molecule has 0 aliphatic rings. The number of pyridine rings is 1. The summed E-state index contributed by atoms with van der Waals surface area (Å²) in [5, 5.41) is 42.9. The quantitative estimate of drug-likeness (QED) is 0.250. The zero-order chi connectivity index (χ0) is 19.5. The maximum absolute atomic E-state index is 9.65.